The minimum absolute atomic E-state index is 0. The fourth-order valence-corrected chi connectivity index (χ4v) is 5.91. The van der Waals surface area contributed by atoms with Crippen LogP contribution in [0.1, 0.15) is 33.6 Å². The van der Waals surface area contributed by atoms with Crippen molar-refractivity contribution in [1.82, 2.24) is 21.3 Å². The first-order valence-corrected chi connectivity index (χ1v) is 15.8. The number of aliphatic hydroxyl groups is 7. The Balaban J connectivity index is 0.000000908. The molecule has 48 heavy (non-hydrogen) atoms. The predicted molar refractivity (Wildman–Crippen MR) is 175 cm³/mol. The fourth-order valence-electron chi connectivity index (χ4n) is 5.91. The van der Waals surface area contributed by atoms with Crippen molar-refractivity contribution in [3.05, 3.63) is 0 Å². The summed E-state index contributed by atoms with van der Waals surface area (Å²) in [5.74, 6) is 0.259. The molecule has 15 atom stereocenters. The molecule has 0 aromatic heterocycles. The Morgan fingerprint density at radius 3 is 1.79 bits per heavy atom. The molecule has 0 radical (unpaired) electrons. The standard InChI is InChI=1S/C22H44N4O11.C6H13N3O.CH4/c1-23-6-10-14(29)16(31)17(32)22(34-10)37-20-9(25-3)5-8(24-2)19(18(20)33)36-21-15(30)12(26-4)13(28)11(7-27)35-21;1-5(10)3-2-4-9-6(7)8;/h8-33H,5-7H2,1-4H3;2-4H2,1H3,(H4,7,8,9);1H4/t8-,9?,10+,11-,12+,13?,14?,15?,16-,17?,18?,19-,20+,21?,22-;;/m1../s1. The molecule has 0 aromatic rings. The molecule has 7 unspecified atom stereocenters. The maximum atomic E-state index is 11.4. The molecule has 0 spiro atoms. The quantitative estimate of drug-likeness (QED) is 0.0456. The number of carbonyl (C=O) groups is 1. The molecule has 3 rings (SSSR count). The van der Waals surface area contributed by atoms with E-state index in [-0.39, 0.29) is 25.7 Å². The van der Waals surface area contributed by atoms with Crippen LogP contribution in [-0.2, 0) is 23.7 Å². The third kappa shape index (κ3) is 11.7. The zero-order valence-corrected chi connectivity index (χ0v) is 27.7. The van der Waals surface area contributed by atoms with Gasteiger partial charge in [0.2, 0.25) is 0 Å². The molecule has 0 amide bonds. The highest BCUT2D eigenvalue weighted by Gasteiger charge is 2.52. The lowest BCUT2D eigenvalue weighted by atomic mass is 9.83. The van der Waals surface area contributed by atoms with Crippen LogP contribution in [0.3, 0.4) is 0 Å². The predicted octanol–water partition coefficient (Wildman–Crippen LogP) is -5.98. The maximum Gasteiger partial charge on any atom is 0.187 e. The van der Waals surface area contributed by atoms with Crippen molar-refractivity contribution in [3.8, 4) is 0 Å². The average molecular weight is 700 g/mol. The first-order chi connectivity index (χ1) is 22.2. The van der Waals surface area contributed by atoms with Gasteiger partial charge in [0.1, 0.15) is 66.8 Å². The van der Waals surface area contributed by atoms with E-state index in [1.165, 1.54) is 0 Å². The fraction of sp³-hybridized carbons (Fsp3) is 0.931. The monoisotopic (exact) mass is 699 g/mol. The topological polar surface area (TPSA) is 308 Å². The van der Waals surface area contributed by atoms with Crippen molar-refractivity contribution in [3.63, 3.8) is 0 Å². The summed E-state index contributed by atoms with van der Waals surface area (Å²) >= 11 is 0. The van der Waals surface area contributed by atoms with E-state index < -0.39 is 98.4 Å². The van der Waals surface area contributed by atoms with Crippen LogP contribution >= 0.6 is 0 Å². The third-order valence-electron chi connectivity index (χ3n) is 8.57. The van der Waals surface area contributed by atoms with E-state index >= 15 is 0 Å². The summed E-state index contributed by atoms with van der Waals surface area (Å²) in [6, 6.07) is -1.73. The van der Waals surface area contributed by atoms with E-state index in [0.717, 1.165) is 6.42 Å². The van der Waals surface area contributed by atoms with Gasteiger partial charge < -0.3 is 92.2 Å². The normalized spacial score (nSPS) is 39.8. The van der Waals surface area contributed by atoms with Crippen LogP contribution in [0.5, 0.6) is 0 Å². The van der Waals surface area contributed by atoms with Crippen molar-refractivity contribution in [1.29, 1.82) is 0 Å². The SMILES string of the molecule is C.CC(=O)CCCN=C(N)N.CNC[C@@H]1O[C@H](O[C@H]2C(NC)C[C@@H](NC)[C@@H](OC3O[C@H](CO)C(O)[C@H](NC)C3O)C2O)C(O)[C@H](O)C1O. The first kappa shape index (κ1) is 44.4. The number of carbonyl (C=O) groups excluding carboxylic acids is 1. The van der Waals surface area contributed by atoms with E-state index in [0.29, 0.717) is 19.4 Å². The number of nitrogens with zero attached hydrogens (tertiary/aromatic N) is 1. The molecule has 0 bridgehead atoms. The molecule has 2 saturated heterocycles. The average Bonchev–Trinajstić information content (AvgIpc) is 3.03. The molecule has 3 aliphatic rings. The van der Waals surface area contributed by atoms with Crippen molar-refractivity contribution in [2.24, 2.45) is 16.5 Å². The van der Waals surface area contributed by atoms with Crippen molar-refractivity contribution in [2.45, 2.75) is 125 Å². The number of hydrogen-bond acceptors (Lipinski definition) is 17. The summed E-state index contributed by atoms with van der Waals surface area (Å²) in [7, 11) is 6.56. The summed E-state index contributed by atoms with van der Waals surface area (Å²) in [5, 5.41) is 85.1. The van der Waals surface area contributed by atoms with E-state index in [4.69, 9.17) is 30.4 Å². The highest BCUT2D eigenvalue weighted by Crippen LogP contribution is 2.32. The first-order valence-electron chi connectivity index (χ1n) is 15.8. The molecule has 2 heterocycles. The second kappa shape index (κ2) is 21.5. The molecule has 1 aliphatic carbocycles. The zero-order valence-electron chi connectivity index (χ0n) is 27.7. The van der Waals surface area contributed by atoms with Crippen LogP contribution < -0.4 is 32.7 Å². The molecule has 19 nitrogen and oxygen atoms in total. The van der Waals surface area contributed by atoms with Crippen LogP contribution in [-0.4, -0.2) is 187 Å². The van der Waals surface area contributed by atoms with E-state index in [1.807, 2.05) is 0 Å². The number of nitrogens with two attached hydrogens (primary N) is 2. The lowest BCUT2D eigenvalue weighted by Crippen LogP contribution is -2.69. The Kier molecular flexibility index (Phi) is 19.9. The molecule has 284 valence electrons. The Morgan fingerprint density at radius 1 is 0.792 bits per heavy atom. The number of Topliss-reactive ketones (excluding diaryl/α,β-unsaturated/α-hetero) is 1. The number of aliphatic hydroxyl groups excluding tert-OH is 7. The zero-order chi connectivity index (χ0) is 35.4. The molecule has 15 N–H and O–H groups in total. The largest absolute Gasteiger partial charge is 0.394 e. The summed E-state index contributed by atoms with van der Waals surface area (Å²) in [6.45, 7) is 1.76. The van der Waals surface area contributed by atoms with Crippen LogP contribution in [0.15, 0.2) is 4.99 Å². The van der Waals surface area contributed by atoms with Gasteiger partial charge in [-0.2, -0.15) is 0 Å². The van der Waals surface area contributed by atoms with Gasteiger partial charge in [0.05, 0.1) is 12.6 Å². The van der Waals surface area contributed by atoms with Gasteiger partial charge in [-0.3, -0.25) is 4.99 Å². The van der Waals surface area contributed by atoms with E-state index in [9.17, 15) is 40.5 Å². The summed E-state index contributed by atoms with van der Waals surface area (Å²) in [5.41, 5.74) is 10.1. The Bertz CT molecular complexity index is 954. The maximum absolute atomic E-state index is 11.4. The molecule has 19 heteroatoms. The summed E-state index contributed by atoms with van der Waals surface area (Å²) < 4.78 is 23.4. The van der Waals surface area contributed by atoms with Crippen LogP contribution in [0.2, 0.25) is 0 Å². The van der Waals surface area contributed by atoms with Gasteiger partial charge in [-0.25, -0.2) is 0 Å². The van der Waals surface area contributed by atoms with Gasteiger partial charge in [0.25, 0.3) is 0 Å². The minimum atomic E-state index is -1.58. The van der Waals surface area contributed by atoms with Gasteiger partial charge in [-0.1, -0.05) is 7.43 Å². The Labute approximate surface area is 282 Å². The van der Waals surface area contributed by atoms with Gasteiger partial charge in [-0.15, -0.1) is 0 Å². The van der Waals surface area contributed by atoms with Crippen LogP contribution in [0.4, 0.5) is 0 Å². The second-order valence-electron chi connectivity index (χ2n) is 11.9. The second-order valence-corrected chi connectivity index (χ2v) is 11.9. The van der Waals surface area contributed by atoms with Crippen molar-refractivity contribution < 1.29 is 59.5 Å². The number of ketones is 1. The van der Waals surface area contributed by atoms with E-state index in [2.05, 4.69) is 26.3 Å². The smallest absolute Gasteiger partial charge is 0.187 e. The van der Waals surface area contributed by atoms with Crippen molar-refractivity contribution >= 4 is 11.7 Å². The van der Waals surface area contributed by atoms with Crippen molar-refractivity contribution in [2.75, 3.05) is 47.9 Å². The summed E-state index contributed by atoms with van der Waals surface area (Å²) in [4.78, 5) is 14.1. The highest BCUT2D eigenvalue weighted by atomic mass is 16.7. The lowest BCUT2D eigenvalue weighted by Gasteiger charge is -2.49. The minimum Gasteiger partial charge on any atom is -0.394 e. The van der Waals surface area contributed by atoms with Crippen LogP contribution in [0, 0.1) is 0 Å². The molecule has 1 saturated carbocycles. The van der Waals surface area contributed by atoms with Gasteiger partial charge >= 0.3 is 0 Å². The van der Waals surface area contributed by atoms with Gasteiger partial charge in [0, 0.05) is 31.6 Å². The molecular formula is C29H61N7O12. The Morgan fingerprint density at radius 2 is 1.33 bits per heavy atom. The highest BCUT2D eigenvalue weighted by molar-refractivity contribution is 5.76. The molecular weight excluding hydrogens is 638 g/mol. The number of likely N-dealkylation sites (N-methyl/N-ethyl adjacent to an activating group) is 4. The number of nitrogens with one attached hydrogen (secondary N) is 4. The van der Waals surface area contributed by atoms with E-state index in [1.54, 1.807) is 35.1 Å². The lowest BCUT2D eigenvalue weighted by molar-refractivity contribution is -0.334. The summed E-state index contributed by atoms with van der Waals surface area (Å²) in [6.07, 6.45) is -13.2. The third-order valence-corrected chi connectivity index (χ3v) is 8.57. The number of rotatable bonds is 14. The number of hydrogen-bond donors (Lipinski definition) is 13. The number of guanidine groups is 1. The molecule has 0 aromatic carbocycles. The van der Waals surface area contributed by atoms with Gasteiger partial charge in [-0.05, 0) is 48.0 Å². The van der Waals surface area contributed by atoms with Crippen LogP contribution in [0.25, 0.3) is 0 Å². The number of aliphatic imine (C=N–C) groups is 1. The molecule has 2 aliphatic heterocycles. The Hall–Kier alpha value is -1.66. The molecule has 3 fully saturated rings. The number of ether oxygens (including phenoxy) is 4. The van der Waals surface area contributed by atoms with Gasteiger partial charge in [0.15, 0.2) is 18.5 Å².